The highest BCUT2D eigenvalue weighted by Gasteiger charge is 2.22. The second kappa shape index (κ2) is 7.09. The number of aromatic nitrogens is 2. The quantitative estimate of drug-likeness (QED) is 0.819. The van der Waals surface area contributed by atoms with E-state index in [4.69, 9.17) is 11.6 Å². The average Bonchev–Trinajstić information content (AvgIpc) is 2.68. The van der Waals surface area contributed by atoms with Gasteiger partial charge < -0.3 is 5.32 Å². The van der Waals surface area contributed by atoms with E-state index in [1.165, 1.54) is 31.4 Å². The summed E-state index contributed by atoms with van der Waals surface area (Å²) in [4.78, 5) is 0. The average molecular weight is 349 g/mol. The lowest BCUT2D eigenvalue weighted by Crippen LogP contribution is -2.31. The Morgan fingerprint density at radius 3 is 2.84 bits per heavy atom. The normalized spacial score (nSPS) is 23.8. The van der Waals surface area contributed by atoms with Crippen molar-refractivity contribution < 1.29 is 0 Å². The van der Waals surface area contributed by atoms with Gasteiger partial charge in [0, 0.05) is 18.5 Å². The lowest BCUT2D eigenvalue weighted by molar-refractivity contribution is 0.346. The van der Waals surface area contributed by atoms with Crippen molar-refractivity contribution in [3.05, 3.63) is 15.9 Å². The van der Waals surface area contributed by atoms with Gasteiger partial charge in [0.25, 0.3) is 0 Å². The van der Waals surface area contributed by atoms with Crippen LogP contribution in [-0.4, -0.2) is 21.7 Å². The van der Waals surface area contributed by atoms with Crippen LogP contribution in [0, 0.1) is 12.8 Å². The Labute approximate surface area is 129 Å². The number of nitrogens with zero attached hydrogens (tertiary/aromatic N) is 2. The van der Waals surface area contributed by atoms with E-state index in [0.29, 0.717) is 11.3 Å². The van der Waals surface area contributed by atoms with Gasteiger partial charge in [-0.25, -0.2) is 0 Å². The largest absolute Gasteiger partial charge is 0.311 e. The number of aryl methyl sites for hydroxylation is 2. The topological polar surface area (TPSA) is 29.9 Å². The van der Waals surface area contributed by atoms with E-state index in [9.17, 15) is 0 Å². The van der Waals surface area contributed by atoms with Crippen LogP contribution in [0.15, 0.2) is 4.47 Å². The van der Waals surface area contributed by atoms with E-state index >= 15 is 0 Å². The van der Waals surface area contributed by atoms with Crippen molar-refractivity contribution in [3.63, 3.8) is 0 Å². The van der Waals surface area contributed by atoms with Crippen molar-refractivity contribution >= 4 is 27.5 Å². The third-order valence-corrected chi connectivity index (χ3v) is 5.57. The van der Waals surface area contributed by atoms with Crippen molar-refractivity contribution in [2.45, 2.75) is 58.0 Å². The molecule has 1 saturated carbocycles. The first kappa shape index (κ1) is 15.3. The first-order chi connectivity index (χ1) is 9.13. The Morgan fingerprint density at radius 2 is 2.16 bits per heavy atom. The second-order valence-electron chi connectivity index (χ2n) is 5.35. The molecule has 0 aromatic carbocycles. The molecule has 0 aliphatic heterocycles. The summed E-state index contributed by atoms with van der Waals surface area (Å²) >= 11 is 10.0. The van der Waals surface area contributed by atoms with Crippen LogP contribution in [-0.2, 0) is 13.1 Å². The van der Waals surface area contributed by atoms with E-state index in [-0.39, 0.29) is 0 Å². The minimum absolute atomic E-state index is 0.350. The molecule has 1 fully saturated rings. The fourth-order valence-corrected chi connectivity index (χ4v) is 3.60. The number of hydrogen-bond acceptors (Lipinski definition) is 2. The molecule has 3 nitrogen and oxygen atoms in total. The number of rotatable bonds is 5. The highest BCUT2D eigenvalue weighted by Crippen LogP contribution is 2.28. The van der Waals surface area contributed by atoms with E-state index in [2.05, 4.69) is 38.0 Å². The van der Waals surface area contributed by atoms with Crippen molar-refractivity contribution in [3.8, 4) is 0 Å². The maximum Gasteiger partial charge on any atom is 0.0739 e. The van der Waals surface area contributed by atoms with Crippen molar-refractivity contribution in [2.24, 2.45) is 5.92 Å². The number of hydrogen-bond donors (Lipinski definition) is 1. The third-order valence-electron chi connectivity index (χ3n) is 3.97. The van der Waals surface area contributed by atoms with E-state index in [0.717, 1.165) is 29.8 Å². The molecule has 1 aromatic rings. The molecule has 2 unspecified atom stereocenters. The summed E-state index contributed by atoms with van der Waals surface area (Å²) in [5.41, 5.74) is 2.30. The van der Waals surface area contributed by atoms with Crippen LogP contribution in [0.4, 0.5) is 0 Å². The van der Waals surface area contributed by atoms with Gasteiger partial charge in [-0.2, -0.15) is 5.10 Å². The predicted molar refractivity (Wildman–Crippen MR) is 83.6 cm³/mol. The Kier molecular flexibility index (Phi) is 5.72. The minimum Gasteiger partial charge on any atom is -0.311 e. The molecule has 0 radical (unpaired) electrons. The molecule has 0 spiro atoms. The fraction of sp³-hybridized carbons (Fsp3) is 0.786. The Bertz CT molecular complexity index is 419. The molecule has 2 atom stereocenters. The van der Waals surface area contributed by atoms with Gasteiger partial charge >= 0.3 is 0 Å². The van der Waals surface area contributed by atoms with E-state index in [1.807, 2.05) is 6.92 Å². The molecule has 1 heterocycles. The van der Waals surface area contributed by atoms with Gasteiger partial charge in [-0.1, -0.05) is 12.8 Å². The maximum absolute atomic E-state index is 6.39. The summed E-state index contributed by atoms with van der Waals surface area (Å²) in [7, 11) is 0. The van der Waals surface area contributed by atoms with Crippen LogP contribution in [0.25, 0.3) is 0 Å². The van der Waals surface area contributed by atoms with Gasteiger partial charge in [-0.3, -0.25) is 4.68 Å². The monoisotopic (exact) mass is 347 g/mol. The summed E-state index contributed by atoms with van der Waals surface area (Å²) < 4.78 is 3.19. The third kappa shape index (κ3) is 3.73. The number of nitrogens with one attached hydrogen (secondary N) is 1. The Hall–Kier alpha value is -0.0600. The van der Waals surface area contributed by atoms with Crippen LogP contribution < -0.4 is 5.32 Å². The molecule has 5 heteroatoms. The summed E-state index contributed by atoms with van der Waals surface area (Å²) in [5, 5.41) is 8.42. The first-order valence-electron chi connectivity index (χ1n) is 7.20. The molecule has 1 aliphatic carbocycles. The first-order valence-corrected chi connectivity index (χ1v) is 8.43. The molecule has 2 rings (SSSR count). The zero-order valence-corrected chi connectivity index (χ0v) is 14.1. The molecule has 0 bridgehead atoms. The Balaban J connectivity index is 1.88. The second-order valence-corrected chi connectivity index (χ2v) is 6.71. The molecule has 108 valence electrons. The minimum atomic E-state index is 0.350. The van der Waals surface area contributed by atoms with Gasteiger partial charge in [0.05, 0.1) is 15.9 Å². The van der Waals surface area contributed by atoms with Gasteiger partial charge in [0.15, 0.2) is 0 Å². The van der Waals surface area contributed by atoms with Gasteiger partial charge in [0.1, 0.15) is 0 Å². The Morgan fingerprint density at radius 1 is 1.42 bits per heavy atom. The molecule has 1 aliphatic rings. The zero-order valence-electron chi connectivity index (χ0n) is 11.8. The van der Waals surface area contributed by atoms with Crippen molar-refractivity contribution in [2.75, 3.05) is 6.54 Å². The van der Waals surface area contributed by atoms with Crippen LogP contribution >= 0.6 is 27.5 Å². The van der Waals surface area contributed by atoms with Gasteiger partial charge in [-0.05, 0) is 55.1 Å². The molecule has 19 heavy (non-hydrogen) atoms. The number of halogens is 2. The standard InChI is InChI=1S/C14H23BrClN3/c1-3-19-13(14(15)10(2)18-19)9-17-8-11-6-4-5-7-12(11)16/h11-12,17H,3-9H2,1-2H3. The van der Waals surface area contributed by atoms with Crippen molar-refractivity contribution in [1.29, 1.82) is 0 Å². The van der Waals surface area contributed by atoms with Crippen molar-refractivity contribution in [1.82, 2.24) is 15.1 Å². The predicted octanol–water partition coefficient (Wildman–Crippen LogP) is 3.86. The fourth-order valence-electron chi connectivity index (χ4n) is 2.81. The lowest BCUT2D eigenvalue weighted by atomic mass is 9.89. The van der Waals surface area contributed by atoms with Gasteiger partial charge in [0.2, 0.25) is 0 Å². The highest BCUT2D eigenvalue weighted by atomic mass is 79.9. The van der Waals surface area contributed by atoms with Crippen LogP contribution in [0.1, 0.15) is 44.0 Å². The summed E-state index contributed by atoms with van der Waals surface area (Å²) in [6, 6.07) is 0. The van der Waals surface area contributed by atoms with E-state index < -0.39 is 0 Å². The van der Waals surface area contributed by atoms with Gasteiger partial charge in [-0.15, -0.1) is 11.6 Å². The molecule has 0 amide bonds. The molecular formula is C14H23BrClN3. The van der Waals surface area contributed by atoms with Crippen LogP contribution in [0.5, 0.6) is 0 Å². The number of alkyl halides is 1. The summed E-state index contributed by atoms with van der Waals surface area (Å²) in [5.74, 6) is 0.619. The zero-order chi connectivity index (χ0) is 13.8. The van der Waals surface area contributed by atoms with E-state index in [1.54, 1.807) is 0 Å². The summed E-state index contributed by atoms with van der Waals surface area (Å²) in [6.07, 6.45) is 5.04. The molecular weight excluding hydrogens is 326 g/mol. The smallest absolute Gasteiger partial charge is 0.0739 e. The summed E-state index contributed by atoms with van der Waals surface area (Å²) in [6.45, 7) is 6.93. The molecule has 1 aromatic heterocycles. The van der Waals surface area contributed by atoms with Crippen LogP contribution in [0.3, 0.4) is 0 Å². The van der Waals surface area contributed by atoms with Crippen LogP contribution in [0.2, 0.25) is 0 Å². The molecule has 0 saturated heterocycles. The SMILES string of the molecule is CCn1nc(C)c(Br)c1CNCC1CCCCC1Cl. The lowest BCUT2D eigenvalue weighted by Gasteiger charge is -2.27. The maximum atomic E-state index is 6.39. The molecule has 1 N–H and O–H groups in total. The highest BCUT2D eigenvalue weighted by molar-refractivity contribution is 9.10.